The third-order valence-corrected chi connectivity index (χ3v) is 4.48. The number of para-hydroxylation sites is 1. The minimum Gasteiger partial charge on any atom is -0.488 e. The van der Waals surface area contributed by atoms with Crippen LogP contribution in [-0.2, 0) is 6.61 Å². The van der Waals surface area contributed by atoms with E-state index in [9.17, 15) is 0 Å². The number of hydrogen-bond acceptors (Lipinski definition) is 2. The third-order valence-electron chi connectivity index (χ3n) is 4.48. The average molecular weight is 363 g/mol. The van der Waals surface area contributed by atoms with Crippen LogP contribution in [0.4, 0.5) is 0 Å². The van der Waals surface area contributed by atoms with Gasteiger partial charge in [0.15, 0.2) is 0 Å². The summed E-state index contributed by atoms with van der Waals surface area (Å²) in [6.45, 7) is 0.523. The molecule has 0 aliphatic rings. The Morgan fingerprint density at radius 1 is 0.679 bits per heavy atom. The Bertz CT molecular complexity index is 1040. The minimum atomic E-state index is 0.523. The molecule has 0 amide bonds. The molecule has 0 aliphatic carbocycles. The molecule has 0 atom stereocenters. The number of aromatic nitrogens is 1. The predicted octanol–water partition coefficient (Wildman–Crippen LogP) is 6.50. The van der Waals surface area contributed by atoms with E-state index in [4.69, 9.17) is 4.74 Å². The largest absolute Gasteiger partial charge is 0.488 e. The second-order valence-corrected chi connectivity index (χ2v) is 6.45. The van der Waals surface area contributed by atoms with Gasteiger partial charge < -0.3 is 4.74 Å². The van der Waals surface area contributed by atoms with Crippen LogP contribution in [0.2, 0.25) is 0 Å². The molecule has 0 spiro atoms. The topological polar surface area (TPSA) is 22.1 Å². The van der Waals surface area contributed by atoms with Crippen LogP contribution in [0, 0.1) is 0 Å². The zero-order chi connectivity index (χ0) is 19.0. The highest BCUT2D eigenvalue weighted by atomic mass is 16.5. The van der Waals surface area contributed by atoms with E-state index < -0.39 is 0 Å². The molecule has 0 bridgehead atoms. The van der Waals surface area contributed by atoms with Crippen molar-refractivity contribution in [2.45, 2.75) is 6.61 Å². The fourth-order valence-corrected chi connectivity index (χ4v) is 3.07. The lowest BCUT2D eigenvalue weighted by Gasteiger charge is -2.15. The van der Waals surface area contributed by atoms with Gasteiger partial charge in [-0.05, 0) is 35.4 Å². The summed E-state index contributed by atoms with van der Waals surface area (Å²) in [6, 6.07) is 32.7. The summed E-state index contributed by atoms with van der Waals surface area (Å²) in [6.07, 6.45) is 5.88. The maximum Gasteiger partial charge on any atom is 0.134 e. The number of hydrogen-bond donors (Lipinski definition) is 0. The third kappa shape index (κ3) is 4.36. The number of pyridine rings is 1. The molecular formula is C26H21NO. The van der Waals surface area contributed by atoms with Crippen molar-refractivity contribution in [2.24, 2.45) is 0 Å². The van der Waals surface area contributed by atoms with Crippen LogP contribution in [0.5, 0.6) is 5.75 Å². The van der Waals surface area contributed by atoms with Gasteiger partial charge in [-0.1, -0.05) is 84.9 Å². The lowest BCUT2D eigenvalue weighted by atomic mass is 10.0. The molecule has 4 aromatic rings. The van der Waals surface area contributed by atoms with Crippen LogP contribution in [0.25, 0.3) is 23.3 Å². The number of nitrogens with zero attached hydrogens (tertiary/aromatic N) is 1. The Morgan fingerprint density at radius 3 is 2.18 bits per heavy atom. The van der Waals surface area contributed by atoms with Crippen LogP contribution in [0.15, 0.2) is 103 Å². The van der Waals surface area contributed by atoms with E-state index in [0.29, 0.717) is 6.61 Å². The summed E-state index contributed by atoms with van der Waals surface area (Å²) in [7, 11) is 0. The van der Waals surface area contributed by atoms with Crippen molar-refractivity contribution in [3.05, 3.63) is 120 Å². The first kappa shape index (κ1) is 17.7. The lowest BCUT2D eigenvalue weighted by molar-refractivity contribution is 0.307. The normalized spacial score (nSPS) is 10.9. The zero-order valence-corrected chi connectivity index (χ0v) is 15.5. The van der Waals surface area contributed by atoms with Crippen molar-refractivity contribution in [3.8, 4) is 16.9 Å². The summed E-state index contributed by atoms with van der Waals surface area (Å²) < 4.78 is 6.33. The van der Waals surface area contributed by atoms with Gasteiger partial charge in [0.05, 0.1) is 5.69 Å². The van der Waals surface area contributed by atoms with E-state index in [0.717, 1.165) is 33.7 Å². The Hall–Kier alpha value is -3.65. The molecule has 136 valence electrons. The molecule has 2 heteroatoms. The van der Waals surface area contributed by atoms with Crippen molar-refractivity contribution >= 4 is 12.2 Å². The zero-order valence-electron chi connectivity index (χ0n) is 15.5. The Balaban J connectivity index is 1.71. The minimum absolute atomic E-state index is 0.523. The van der Waals surface area contributed by atoms with Gasteiger partial charge in [-0.2, -0.15) is 0 Å². The smallest absolute Gasteiger partial charge is 0.134 e. The van der Waals surface area contributed by atoms with Gasteiger partial charge in [0, 0.05) is 17.3 Å². The molecule has 0 unspecified atom stereocenters. The van der Waals surface area contributed by atoms with Gasteiger partial charge in [0.25, 0.3) is 0 Å². The standard InChI is InChI=1S/C26H21NO/c1-3-10-21(11-4-1)20-28-26-23(17-18-24-15-7-8-19-27-24)14-9-16-25(26)22-12-5-2-6-13-22/h1-19H,20H2. The summed E-state index contributed by atoms with van der Waals surface area (Å²) in [5.41, 5.74) is 5.31. The molecular weight excluding hydrogens is 342 g/mol. The van der Waals surface area contributed by atoms with E-state index in [1.165, 1.54) is 0 Å². The lowest BCUT2D eigenvalue weighted by Crippen LogP contribution is -1.99. The molecule has 28 heavy (non-hydrogen) atoms. The van der Waals surface area contributed by atoms with Crippen molar-refractivity contribution < 1.29 is 4.74 Å². The SMILES string of the molecule is C(=Cc1cccc(-c2ccccc2)c1OCc1ccccc1)c1ccccn1. The van der Waals surface area contributed by atoms with Gasteiger partial charge >= 0.3 is 0 Å². The molecule has 4 rings (SSSR count). The van der Waals surface area contributed by atoms with Crippen molar-refractivity contribution in [1.82, 2.24) is 4.98 Å². The number of benzene rings is 3. The highest BCUT2D eigenvalue weighted by Crippen LogP contribution is 2.35. The molecule has 1 heterocycles. The van der Waals surface area contributed by atoms with Crippen LogP contribution >= 0.6 is 0 Å². The monoisotopic (exact) mass is 363 g/mol. The quantitative estimate of drug-likeness (QED) is 0.390. The van der Waals surface area contributed by atoms with E-state index >= 15 is 0 Å². The van der Waals surface area contributed by atoms with Gasteiger partial charge in [0.2, 0.25) is 0 Å². The first-order valence-electron chi connectivity index (χ1n) is 9.34. The first-order valence-corrected chi connectivity index (χ1v) is 9.34. The molecule has 0 aliphatic heterocycles. The highest BCUT2D eigenvalue weighted by Gasteiger charge is 2.10. The Labute approximate surface area is 165 Å². The number of rotatable bonds is 6. The maximum absolute atomic E-state index is 6.33. The summed E-state index contributed by atoms with van der Waals surface area (Å²) in [5, 5.41) is 0. The van der Waals surface area contributed by atoms with Crippen LogP contribution < -0.4 is 4.74 Å². The van der Waals surface area contributed by atoms with Gasteiger partial charge in [0.1, 0.15) is 12.4 Å². The van der Waals surface area contributed by atoms with Crippen LogP contribution in [-0.4, -0.2) is 4.98 Å². The fraction of sp³-hybridized carbons (Fsp3) is 0.0385. The molecule has 1 aromatic heterocycles. The second-order valence-electron chi connectivity index (χ2n) is 6.45. The Morgan fingerprint density at radius 2 is 1.43 bits per heavy atom. The van der Waals surface area contributed by atoms with Gasteiger partial charge in [-0.3, -0.25) is 4.98 Å². The summed E-state index contributed by atoms with van der Waals surface area (Å²) >= 11 is 0. The van der Waals surface area contributed by atoms with Gasteiger partial charge in [-0.25, -0.2) is 0 Å². The van der Waals surface area contributed by atoms with Gasteiger partial charge in [-0.15, -0.1) is 0 Å². The highest BCUT2D eigenvalue weighted by molar-refractivity contribution is 5.80. The number of ether oxygens (including phenoxy) is 1. The van der Waals surface area contributed by atoms with Crippen molar-refractivity contribution in [1.29, 1.82) is 0 Å². The molecule has 2 nitrogen and oxygen atoms in total. The summed E-state index contributed by atoms with van der Waals surface area (Å²) in [4.78, 5) is 4.37. The first-order chi connectivity index (χ1) is 13.9. The molecule has 3 aromatic carbocycles. The molecule has 0 N–H and O–H groups in total. The van der Waals surface area contributed by atoms with Crippen molar-refractivity contribution in [3.63, 3.8) is 0 Å². The molecule has 0 saturated heterocycles. The second kappa shape index (κ2) is 8.83. The van der Waals surface area contributed by atoms with E-state index in [1.54, 1.807) is 6.20 Å². The van der Waals surface area contributed by atoms with Crippen LogP contribution in [0.3, 0.4) is 0 Å². The molecule has 0 radical (unpaired) electrons. The van der Waals surface area contributed by atoms with E-state index in [-0.39, 0.29) is 0 Å². The molecule has 0 saturated carbocycles. The average Bonchev–Trinajstić information content (AvgIpc) is 2.78. The van der Waals surface area contributed by atoms with Crippen molar-refractivity contribution in [2.75, 3.05) is 0 Å². The van der Waals surface area contributed by atoms with E-state index in [1.807, 2.05) is 60.7 Å². The maximum atomic E-state index is 6.33. The van der Waals surface area contributed by atoms with Crippen LogP contribution in [0.1, 0.15) is 16.8 Å². The Kier molecular flexibility index (Phi) is 5.60. The van der Waals surface area contributed by atoms with E-state index in [2.05, 4.69) is 53.5 Å². The summed E-state index contributed by atoms with van der Waals surface area (Å²) in [5.74, 6) is 0.879. The predicted molar refractivity (Wildman–Crippen MR) is 116 cm³/mol. The fourth-order valence-electron chi connectivity index (χ4n) is 3.07. The molecule has 0 fully saturated rings.